The zero-order valence-corrected chi connectivity index (χ0v) is 22.2. The molecule has 1 aromatic heterocycles. The van der Waals surface area contributed by atoms with Crippen LogP contribution in [-0.2, 0) is 18.5 Å². The van der Waals surface area contributed by atoms with Gasteiger partial charge in [-0.1, -0.05) is 89.1 Å². The lowest BCUT2D eigenvalue weighted by Gasteiger charge is -2.30. The average Bonchev–Trinajstić information content (AvgIpc) is 3.06. The molecular weight excluding hydrogens is 491 g/mol. The summed E-state index contributed by atoms with van der Waals surface area (Å²) in [5, 5.41) is 1.31. The molecule has 1 aliphatic rings. The Morgan fingerprint density at radius 2 is 1.58 bits per heavy atom. The number of hydrogen-bond acceptors (Lipinski definition) is 0. The van der Waals surface area contributed by atoms with Crippen molar-refractivity contribution in [1.82, 2.24) is 4.57 Å². The molecule has 3 rings (SSSR count). The number of aryl methyl sites for hydroxylation is 1. The van der Waals surface area contributed by atoms with Crippen LogP contribution in [0.4, 0.5) is 0 Å². The van der Waals surface area contributed by atoms with E-state index in [0.717, 1.165) is 25.8 Å². The Bertz CT molecular complexity index is 846. The number of halogens is 3. The Labute approximate surface area is 209 Å². The quantitative estimate of drug-likeness (QED) is 0.271. The van der Waals surface area contributed by atoms with E-state index in [9.17, 15) is 0 Å². The number of benzene rings is 1. The fourth-order valence-electron chi connectivity index (χ4n) is 4.59. The highest BCUT2D eigenvalue weighted by molar-refractivity contribution is 6.39. The van der Waals surface area contributed by atoms with Gasteiger partial charge in [-0.2, -0.15) is 0 Å². The van der Waals surface area contributed by atoms with Crippen LogP contribution >= 0.6 is 23.2 Å². The minimum atomic E-state index is -0.154. The second-order valence-corrected chi connectivity index (χ2v) is 9.47. The minimum Gasteiger partial charge on any atom is -1.00 e. The predicted molar refractivity (Wildman–Crippen MR) is 129 cm³/mol. The summed E-state index contributed by atoms with van der Waals surface area (Å²) in [5.74, 6) is 0. The summed E-state index contributed by atoms with van der Waals surface area (Å²) >= 11 is 13.4. The van der Waals surface area contributed by atoms with Crippen LogP contribution in [0.2, 0.25) is 10.3 Å². The third-order valence-electron chi connectivity index (χ3n) is 6.61. The molecule has 1 heterocycles. The Morgan fingerprint density at radius 1 is 0.935 bits per heavy atom. The molecule has 0 saturated carbocycles. The molecule has 0 saturated heterocycles. The second-order valence-electron chi connectivity index (χ2n) is 8.75. The zero-order valence-electron chi connectivity index (χ0n) is 19.1. The number of aromatic nitrogens is 2. The van der Waals surface area contributed by atoms with Gasteiger partial charge in [0.05, 0.1) is 6.54 Å². The van der Waals surface area contributed by atoms with E-state index >= 15 is 0 Å². The van der Waals surface area contributed by atoms with E-state index in [1.807, 2.05) is 0 Å². The number of allylic oxidation sites excluding steroid dienone is 1. The maximum absolute atomic E-state index is 6.74. The largest absolute Gasteiger partial charge is 1.00 e. The first-order valence-corrected chi connectivity index (χ1v) is 12.6. The Morgan fingerprint density at radius 3 is 2.26 bits per heavy atom. The lowest BCUT2D eigenvalue weighted by Crippen LogP contribution is -3.00. The Balaban J connectivity index is 0.00000341. The molecule has 0 spiro atoms. The van der Waals surface area contributed by atoms with Crippen LogP contribution < -0.4 is 21.5 Å². The van der Waals surface area contributed by atoms with Gasteiger partial charge in [0, 0.05) is 6.42 Å². The summed E-state index contributed by atoms with van der Waals surface area (Å²) in [6.07, 6.45) is 20.5. The third kappa shape index (κ3) is 6.62. The normalized spacial score (nSPS) is 17.4. The highest BCUT2D eigenvalue weighted by atomic mass is 79.9. The fourth-order valence-corrected chi connectivity index (χ4v) is 5.13. The third-order valence-corrected chi connectivity index (χ3v) is 7.46. The standard InChI is InChI=1S/C26H37Cl2N2.BrH/c1-3-5-6-7-8-9-10-11-14-19-29-21-30(25(28)24(29)27)26(4-2)18-17-22-15-12-13-16-23(22)20-26;/h12-13,15-18,21H,3-11,14,19-20H2,1-2H3;1H/q+1;/p-1. The van der Waals surface area contributed by atoms with Crippen molar-refractivity contribution in [3.63, 3.8) is 0 Å². The molecule has 172 valence electrons. The van der Waals surface area contributed by atoms with Gasteiger partial charge in [0.1, 0.15) is 5.54 Å². The Hall–Kier alpha value is -0.770. The van der Waals surface area contributed by atoms with Crippen LogP contribution in [0.25, 0.3) is 6.08 Å². The molecule has 1 aromatic carbocycles. The van der Waals surface area contributed by atoms with Gasteiger partial charge in [-0.05, 0) is 59.7 Å². The van der Waals surface area contributed by atoms with Crippen LogP contribution in [-0.4, -0.2) is 4.57 Å². The van der Waals surface area contributed by atoms with Gasteiger partial charge in [0.15, 0.2) is 0 Å². The SMILES string of the molecule is CCCCCCCCCCC[n+]1cn(C2(CC)C=Cc3ccccc3C2)c(Cl)c1Cl.[Br-]. The maximum atomic E-state index is 6.74. The molecule has 2 aromatic rings. The first kappa shape index (κ1) is 26.5. The van der Waals surface area contributed by atoms with Crippen LogP contribution in [0, 0.1) is 0 Å². The van der Waals surface area contributed by atoms with Gasteiger partial charge >= 0.3 is 0 Å². The van der Waals surface area contributed by atoms with Gasteiger partial charge in [-0.15, -0.1) is 0 Å². The van der Waals surface area contributed by atoms with Crippen molar-refractivity contribution in [3.8, 4) is 0 Å². The van der Waals surface area contributed by atoms with E-state index in [1.54, 1.807) is 0 Å². The summed E-state index contributed by atoms with van der Waals surface area (Å²) in [6, 6.07) is 8.62. The lowest BCUT2D eigenvalue weighted by atomic mass is 9.81. The van der Waals surface area contributed by atoms with Crippen molar-refractivity contribution >= 4 is 29.3 Å². The summed E-state index contributed by atoms with van der Waals surface area (Å²) in [7, 11) is 0. The van der Waals surface area contributed by atoms with Crippen molar-refractivity contribution < 1.29 is 21.5 Å². The molecule has 31 heavy (non-hydrogen) atoms. The van der Waals surface area contributed by atoms with E-state index in [4.69, 9.17) is 23.2 Å². The van der Waals surface area contributed by atoms with Crippen LogP contribution in [0.5, 0.6) is 0 Å². The van der Waals surface area contributed by atoms with Crippen molar-refractivity contribution in [3.05, 3.63) is 58.1 Å². The van der Waals surface area contributed by atoms with E-state index in [-0.39, 0.29) is 22.5 Å². The molecule has 0 radical (unpaired) electrons. The molecule has 2 nitrogen and oxygen atoms in total. The summed E-state index contributed by atoms with van der Waals surface area (Å²) < 4.78 is 4.33. The first-order valence-electron chi connectivity index (χ1n) is 11.8. The molecular formula is C26H37BrCl2N2. The summed E-state index contributed by atoms with van der Waals surface area (Å²) in [4.78, 5) is 0. The molecule has 0 N–H and O–H groups in total. The monoisotopic (exact) mass is 526 g/mol. The number of nitrogens with zero attached hydrogens (tertiary/aromatic N) is 2. The van der Waals surface area contributed by atoms with Gasteiger partial charge in [0.25, 0.3) is 10.3 Å². The van der Waals surface area contributed by atoms with Crippen molar-refractivity contribution in [2.45, 2.75) is 96.6 Å². The second kappa shape index (κ2) is 13.1. The highest BCUT2D eigenvalue weighted by Crippen LogP contribution is 2.37. The minimum absolute atomic E-state index is 0. The van der Waals surface area contributed by atoms with E-state index < -0.39 is 0 Å². The summed E-state index contributed by atoms with van der Waals surface area (Å²) in [5.41, 5.74) is 2.52. The number of unbranched alkanes of at least 4 members (excludes halogenated alkanes) is 8. The first-order chi connectivity index (χ1) is 14.6. The molecule has 1 unspecified atom stereocenters. The average molecular weight is 528 g/mol. The van der Waals surface area contributed by atoms with Crippen LogP contribution in [0.1, 0.15) is 89.2 Å². The topological polar surface area (TPSA) is 8.81 Å². The molecule has 1 aliphatic carbocycles. The van der Waals surface area contributed by atoms with Gasteiger partial charge in [0.2, 0.25) is 6.33 Å². The predicted octanol–water partition coefficient (Wildman–Crippen LogP) is 4.99. The van der Waals surface area contributed by atoms with E-state index in [2.05, 4.69) is 65.7 Å². The molecule has 0 fully saturated rings. The molecule has 0 amide bonds. The molecule has 1 atom stereocenters. The van der Waals surface area contributed by atoms with Gasteiger partial charge in [-0.3, -0.25) is 0 Å². The lowest BCUT2D eigenvalue weighted by molar-refractivity contribution is -0.695. The summed E-state index contributed by atoms with van der Waals surface area (Å²) in [6.45, 7) is 5.43. The zero-order chi connectivity index (χ0) is 21.4. The van der Waals surface area contributed by atoms with Crippen molar-refractivity contribution in [2.75, 3.05) is 0 Å². The van der Waals surface area contributed by atoms with Gasteiger partial charge < -0.3 is 17.0 Å². The fraction of sp³-hybridized carbons (Fsp3) is 0.577. The Kier molecular flexibility index (Phi) is 11.2. The molecule has 5 heteroatoms. The smallest absolute Gasteiger partial charge is 0.255 e. The number of rotatable bonds is 12. The number of fused-ring (bicyclic) bond motifs is 1. The highest BCUT2D eigenvalue weighted by Gasteiger charge is 2.39. The van der Waals surface area contributed by atoms with E-state index in [1.165, 1.54) is 62.5 Å². The van der Waals surface area contributed by atoms with E-state index in [0.29, 0.717) is 10.3 Å². The molecule has 0 bridgehead atoms. The molecule has 0 aliphatic heterocycles. The van der Waals surface area contributed by atoms with Crippen LogP contribution in [0.3, 0.4) is 0 Å². The van der Waals surface area contributed by atoms with Crippen molar-refractivity contribution in [1.29, 1.82) is 0 Å². The number of imidazole rings is 1. The van der Waals surface area contributed by atoms with Gasteiger partial charge in [-0.25, -0.2) is 9.13 Å². The van der Waals surface area contributed by atoms with Crippen molar-refractivity contribution in [2.24, 2.45) is 0 Å². The van der Waals surface area contributed by atoms with Crippen LogP contribution in [0.15, 0.2) is 36.7 Å². The number of hydrogen-bond donors (Lipinski definition) is 0. The maximum Gasteiger partial charge on any atom is 0.255 e.